The van der Waals surface area contributed by atoms with Gasteiger partial charge in [0.2, 0.25) is 0 Å². The van der Waals surface area contributed by atoms with Gasteiger partial charge in [-0.25, -0.2) is 9.59 Å². The number of aromatic amines is 1. The molecule has 166 valence electrons. The number of carbonyl (C=O) groups is 3. The molecule has 1 aliphatic rings. The van der Waals surface area contributed by atoms with Gasteiger partial charge in [0.05, 0.1) is 17.7 Å². The molecule has 0 radical (unpaired) electrons. The van der Waals surface area contributed by atoms with Crippen LogP contribution in [0.25, 0.3) is 0 Å². The summed E-state index contributed by atoms with van der Waals surface area (Å²) in [6, 6.07) is 7.98. The molecule has 0 fully saturated rings. The van der Waals surface area contributed by atoms with E-state index in [4.69, 9.17) is 9.47 Å². The van der Waals surface area contributed by atoms with Gasteiger partial charge in [-0.1, -0.05) is 24.3 Å². The van der Waals surface area contributed by atoms with E-state index < -0.39 is 18.0 Å². The molecule has 7 heteroatoms. The highest BCUT2D eigenvalue weighted by Gasteiger charge is 2.28. The molecule has 0 bridgehead atoms. The molecule has 2 aromatic rings. The number of benzene rings is 1. The lowest BCUT2D eigenvalue weighted by molar-refractivity contribution is -0.130. The Labute approximate surface area is 182 Å². The minimum atomic E-state index is -0.976. The molecule has 1 aliphatic carbocycles. The zero-order valence-electron chi connectivity index (χ0n) is 18.7. The Morgan fingerprint density at radius 2 is 1.77 bits per heavy atom. The van der Waals surface area contributed by atoms with Crippen LogP contribution in [-0.2, 0) is 20.7 Å². The van der Waals surface area contributed by atoms with E-state index in [1.165, 1.54) is 5.56 Å². The number of esters is 2. The Morgan fingerprint density at radius 3 is 2.48 bits per heavy atom. The second-order valence-electron chi connectivity index (χ2n) is 8.28. The molecule has 2 N–H and O–H groups in total. The molecule has 3 rings (SSSR count). The van der Waals surface area contributed by atoms with Crippen molar-refractivity contribution >= 4 is 17.8 Å². The van der Waals surface area contributed by atoms with Crippen molar-refractivity contribution in [3.63, 3.8) is 0 Å². The van der Waals surface area contributed by atoms with E-state index in [1.807, 2.05) is 18.2 Å². The second-order valence-corrected chi connectivity index (χ2v) is 8.28. The summed E-state index contributed by atoms with van der Waals surface area (Å²) in [6.45, 7) is 8.41. The van der Waals surface area contributed by atoms with Gasteiger partial charge in [-0.3, -0.25) is 4.79 Å². The minimum absolute atomic E-state index is 0.0922. The van der Waals surface area contributed by atoms with E-state index >= 15 is 0 Å². The molecule has 0 aliphatic heterocycles. The van der Waals surface area contributed by atoms with E-state index in [1.54, 1.807) is 34.6 Å². The standard InChI is InChI=1S/C24H30N2O5/c1-13(2)30-23(28)20-14(3)21(25-15(20)4)24(29)31-16(5)22(27)26-19-12-8-10-17-9-6-7-11-18(17)19/h6-7,9,11,13,16,19,25H,8,10,12H2,1-5H3,(H,26,27)/t16-,19+/m1/s1. The molecule has 0 unspecified atom stereocenters. The van der Waals surface area contributed by atoms with E-state index in [-0.39, 0.29) is 23.7 Å². The maximum absolute atomic E-state index is 12.7. The van der Waals surface area contributed by atoms with Crippen LogP contribution in [0.5, 0.6) is 0 Å². The first-order chi connectivity index (χ1) is 14.7. The molecule has 1 heterocycles. The van der Waals surface area contributed by atoms with Crippen molar-refractivity contribution in [2.75, 3.05) is 0 Å². The van der Waals surface area contributed by atoms with E-state index in [9.17, 15) is 14.4 Å². The van der Waals surface area contributed by atoms with Gasteiger partial charge in [0.15, 0.2) is 6.10 Å². The number of hydrogen-bond donors (Lipinski definition) is 2. The highest BCUT2D eigenvalue weighted by atomic mass is 16.6. The molecule has 2 atom stereocenters. The highest BCUT2D eigenvalue weighted by molar-refractivity contribution is 5.99. The quantitative estimate of drug-likeness (QED) is 0.682. The van der Waals surface area contributed by atoms with Crippen molar-refractivity contribution in [2.24, 2.45) is 0 Å². The first kappa shape index (κ1) is 22.6. The van der Waals surface area contributed by atoms with Gasteiger partial charge in [-0.05, 0) is 70.6 Å². The molecule has 7 nitrogen and oxygen atoms in total. The van der Waals surface area contributed by atoms with Crippen molar-refractivity contribution in [3.8, 4) is 0 Å². The zero-order valence-corrected chi connectivity index (χ0v) is 18.7. The average Bonchev–Trinajstić information content (AvgIpc) is 3.01. The van der Waals surface area contributed by atoms with Crippen LogP contribution in [0, 0.1) is 13.8 Å². The number of aryl methyl sites for hydroxylation is 2. The third kappa shape index (κ3) is 4.98. The van der Waals surface area contributed by atoms with Crippen LogP contribution in [0.3, 0.4) is 0 Å². The van der Waals surface area contributed by atoms with Gasteiger partial charge >= 0.3 is 11.9 Å². The molecule has 1 aromatic carbocycles. The fourth-order valence-electron chi connectivity index (χ4n) is 4.00. The molecule has 1 amide bonds. The monoisotopic (exact) mass is 426 g/mol. The van der Waals surface area contributed by atoms with Gasteiger partial charge in [-0.2, -0.15) is 0 Å². The topological polar surface area (TPSA) is 97.5 Å². The van der Waals surface area contributed by atoms with Crippen LogP contribution in [0.4, 0.5) is 0 Å². The average molecular weight is 427 g/mol. The maximum Gasteiger partial charge on any atom is 0.355 e. The Balaban J connectivity index is 1.67. The summed E-state index contributed by atoms with van der Waals surface area (Å²) in [5.41, 5.74) is 3.78. The molecule has 0 saturated carbocycles. The number of aromatic nitrogens is 1. The van der Waals surface area contributed by atoms with Crippen molar-refractivity contribution in [2.45, 2.75) is 72.1 Å². The molecule has 0 saturated heterocycles. The SMILES string of the molecule is Cc1[nH]c(C(=O)O[C@H](C)C(=O)N[C@H]2CCCc3ccccc32)c(C)c1C(=O)OC(C)C. The third-order valence-electron chi connectivity index (χ3n) is 5.53. The lowest BCUT2D eigenvalue weighted by Crippen LogP contribution is -2.39. The van der Waals surface area contributed by atoms with Crippen LogP contribution in [0.1, 0.15) is 82.9 Å². The van der Waals surface area contributed by atoms with Crippen LogP contribution in [0.15, 0.2) is 24.3 Å². The normalized spacial score (nSPS) is 16.4. The number of ether oxygens (including phenoxy) is 2. The predicted molar refractivity (Wildman–Crippen MR) is 116 cm³/mol. The Hall–Kier alpha value is -3.09. The minimum Gasteiger partial charge on any atom is -0.459 e. The van der Waals surface area contributed by atoms with Crippen molar-refractivity contribution in [1.29, 1.82) is 0 Å². The predicted octanol–water partition coefficient (Wildman–Crippen LogP) is 3.94. The summed E-state index contributed by atoms with van der Waals surface area (Å²) >= 11 is 0. The third-order valence-corrected chi connectivity index (χ3v) is 5.53. The number of carbonyl (C=O) groups excluding carboxylic acids is 3. The van der Waals surface area contributed by atoms with Crippen LogP contribution in [0.2, 0.25) is 0 Å². The van der Waals surface area contributed by atoms with Crippen molar-refractivity contribution in [3.05, 3.63) is 57.9 Å². The molecule has 0 spiro atoms. The molecular formula is C24H30N2O5. The number of rotatable bonds is 6. The fourth-order valence-corrected chi connectivity index (χ4v) is 4.00. The van der Waals surface area contributed by atoms with Gasteiger partial charge in [0, 0.05) is 5.69 Å². The summed E-state index contributed by atoms with van der Waals surface area (Å²) in [4.78, 5) is 40.6. The number of amides is 1. The van der Waals surface area contributed by atoms with Crippen molar-refractivity contribution in [1.82, 2.24) is 10.3 Å². The number of hydrogen-bond acceptors (Lipinski definition) is 5. The molecule has 31 heavy (non-hydrogen) atoms. The maximum atomic E-state index is 12.7. The van der Waals surface area contributed by atoms with E-state index in [0.29, 0.717) is 16.8 Å². The van der Waals surface area contributed by atoms with Gasteiger partial charge in [0.25, 0.3) is 5.91 Å². The van der Waals surface area contributed by atoms with Crippen LogP contribution < -0.4 is 5.32 Å². The lowest BCUT2D eigenvalue weighted by atomic mass is 9.87. The Kier molecular flexibility index (Phi) is 6.83. The lowest BCUT2D eigenvalue weighted by Gasteiger charge is -2.27. The number of fused-ring (bicyclic) bond motifs is 1. The van der Waals surface area contributed by atoms with Gasteiger partial charge in [-0.15, -0.1) is 0 Å². The molecule has 1 aromatic heterocycles. The molecular weight excluding hydrogens is 396 g/mol. The fraction of sp³-hybridized carbons (Fsp3) is 0.458. The van der Waals surface area contributed by atoms with Crippen LogP contribution >= 0.6 is 0 Å². The van der Waals surface area contributed by atoms with E-state index in [0.717, 1.165) is 24.8 Å². The Bertz CT molecular complexity index is 992. The Morgan fingerprint density at radius 1 is 1.06 bits per heavy atom. The second kappa shape index (κ2) is 9.37. The van der Waals surface area contributed by atoms with Gasteiger partial charge < -0.3 is 19.8 Å². The first-order valence-corrected chi connectivity index (χ1v) is 10.7. The smallest absolute Gasteiger partial charge is 0.355 e. The summed E-state index contributed by atoms with van der Waals surface area (Å²) in [5, 5.41) is 3.00. The number of H-pyrrole nitrogens is 1. The highest BCUT2D eigenvalue weighted by Crippen LogP contribution is 2.29. The first-order valence-electron chi connectivity index (χ1n) is 10.7. The summed E-state index contributed by atoms with van der Waals surface area (Å²) in [5.74, 6) is -1.53. The van der Waals surface area contributed by atoms with Gasteiger partial charge in [0.1, 0.15) is 5.69 Å². The summed E-state index contributed by atoms with van der Waals surface area (Å²) in [6.07, 6.45) is 1.59. The zero-order chi connectivity index (χ0) is 22.7. The number of nitrogens with one attached hydrogen (secondary N) is 2. The van der Waals surface area contributed by atoms with Crippen LogP contribution in [-0.4, -0.2) is 35.0 Å². The largest absolute Gasteiger partial charge is 0.459 e. The summed E-state index contributed by atoms with van der Waals surface area (Å²) < 4.78 is 10.7. The van der Waals surface area contributed by atoms with E-state index in [2.05, 4.69) is 16.4 Å². The summed E-state index contributed by atoms with van der Waals surface area (Å²) in [7, 11) is 0. The van der Waals surface area contributed by atoms with Crippen molar-refractivity contribution < 1.29 is 23.9 Å².